The number of aliphatic imine (C=N–C) groups is 1. The van der Waals surface area contributed by atoms with E-state index in [0.717, 1.165) is 23.7 Å². The van der Waals surface area contributed by atoms with E-state index in [1.165, 1.54) is 0 Å². The van der Waals surface area contributed by atoms with Crippen LogP contribution in [0.3, 0.4) is 0 Å². The minimum Gasteiger partial charge on any atom is -0.463 e. The fourth-order valence-corrected chi connectivity index (χ4v) is 1.73. The third kappa shape index (κ3) is 1.32. The van der Waals surface area contributed by atoms with Gasteiger partial charge in [0.15, 0.2) is 0 Å². The Kier molecular flexibility index (Phi) is 1.81. The summed E-state index contributed by atoms with van der Waals surface area (Å²) in [5.74, 6) is 1.80. The molecule has 3 heteroatoms. The van der Waals surface area contributed by atoms with Crippen LogP contribution in [-0.4, -0.2) is 17.3 Å². The molecule has 74 valence electrons. The molecule has 0 aliphatic carbocycles. The van der Waals surface area contributed by atoms with Gasteiger partial charge in [0.05, 0.1) is 5.56 Å². The van der Waals surface area contributed by atoms with Crippen LogP contribution in [-0.2, 0) is 0 Å². The van der Waals surface area contributed by atoms with Gasteiger partial charge in [0, 0.05) is 18.9 Å². The quantitative estimate of drug-likeness (QED) is 0.638. The Morgan fingerprint density at radius 1 is 1.27 bits per heavy atom. The largest absolute Gasteiger partial charge is 0.463 e. The second-order valence-electron chi connectivity index (χ2n) is 3.39. The Hall–Kier alpha value is -2.03. The first-order valence-electron chi connectivity index (χ1n) is 4.87. The first-order valence-corrected chi connectivity index (χ1v) is 4.87. The van der Waals surface area contributed by atoms with Crippen molar-refractivity contribution in [1.82, 2.24) is 4.90 Å². The van der Waals surface area contributed by atoms with Gasteiger partial charge in [-0.1, -0.05) is 12.1 Å². The van der Waals surface area contributed by atoms with E-state index < -0.39 is 0 Å². The normalized spacial score (nSPS) is 17.3. The molecule has 0 saturated heterocycles. The first kappa shape index (κ1) is 8.29. The van der Waals surface area contributed by atoms with Crippen LogP contribution in [0.2, 0.25) is 0 Å². The number of rotatable bonds is 0. The topological polar surface area (TPSA) is 24.8 Å². The number of hydrogen-bond donors (Lipinski definition) is 0. The van der Waals surface area contributed by atoms with Crippen molar-refractivity contribution >= 4 is 5.84 Å². The second kappa shape index (κ2) is 3.28. The predicted octanol–water partition coefficient (Wildman–Crippen LogP) is 2.13. The molecule has 3 nitrogen and oxygen atoms in total. The third-order valence-electron chi connectivity index (χ3n) is 2.44. The van der Waals surface area contributed by atoms with E-state index in [9.17, 15) is 0 Å². The molecule has 0 atom stereocenters. The van der Waals surface area contributed by atoms with Crippen molar-refractivity contribution in [1.29, 1.82) is 0 Å². The average molecular weight is 198 g/mol. The molecule has 0 amide bonds. The van der Waals surface area contributed by atoms with E-state index in [1.807, 2.05) is 42.7 Å². The Morgan fingerprint density at radius 3 is 3.20 bits per heavy atom. The van der Waals surface area contributed by atoms with Gasteiger partial charge in [-0.2, -0.15) is 0 Å². The van der Waals surface area contributed by atoms with Gasteiger partial charge in [-0.15, -0.1) is 0 Å². The molecule has 15 heavy (non-hydrogen) atoms. The molecule has 0 spiro atoms. The van der Waals surface area contributed by atoms with Crippen LogP contribution >= 0.6 is 0 Å². The van der Waals surface area contributed by atoms with Gasteiger partial charge < -0.3 is 9.64 Å². The Morgan fingerprint density at radius 2 is 2.20 bits per heavy atom. The Labute approximate surface area is 88.0 Å². The van der Waals surface area contributed by atoms with Crippen LogP contribution in [0.15, 0.2) is 54.0 Å². The number of fused-ring (bicyclic) bond motifs is 3. The van der Waals surface area contributed by atoms with E-state index in [4.69, 9.17) is 4.74 Å². The molecule has 1 aromatic rings. The highest BCUT2D eigenvalue weighted by Gasteiger charge is 2.18. The summed E-state index contributed by atoms with van der Waals surface area (Å²) in [6.45, 7) is 0.840. The number of amidine groups is 1. The summed E-state index contributed by atoms with van der Waals surface area (Å²) in [6.07, 6.45) is 7.45. The summed E-state index contributed by atoms with van der Waals surface area (Å²) in [7, 11) is 0. The Balaban J connectivity index is 2.19. The maximum atomic E-state index is 5.51. The van der Waals surface area contributed by atoms with Crippen LogP contribution in [0.1, 0.15) is 5.56 Å². The maximum Gasteiger partial charge on any atom is 0.143 e. The zero-order chi connectivity index (χ0) is 10.1. The van der Waals surface area contributed by atoms with Crippen LogP contribution in [0, 0.1) is 0 Å². The molecule has 2 aliphatic heterocycles. The zero-order valence-corrected chi connectivity index (χ0v) is 8.13. The molecule has 0 saturated carbocycles. The molecule has 2 heterocycles. The van der Waals surface area contributed by atoms with E-state index in [-0.39, 0.29) is 0 Å². The van der Waals surface area contributed by atoms with Gasteiger partial charge in [0.2, 0.25) is 0 Å². The third-order valence-corrected chi connectivity index (χ3v) is 2.44. The molecule has 0 aromatic heterocycles. The van der Waals surface area contributed by atoms with Gasteiger partial charge in [0.25, 0.3) is 0 Å². The molecule has 0 N–H and O–H groups in total. The fraction of sp³-hybridized carbons (Fsp3) is 0.0833. The number of benzene rings is 1. The lowest BCUT2D eigenvalue weighted by atomic mass is 10.1. The van der Waals surface area contributed by atoms with Gasteiger partial charge in [-0.05, 0) is 18.2 Å². The summed E-state index contributed by atoms with van der Waals surface area (Å²) in [5, 5.41) is 0. The van der Waals surface area contributed by atoms with Gasteiger partial charge >= 0.3 is 0 Å². The minimum absolute atomic E-state index is 0.840. The van der Waals surface area contributed by atoms with Gasteiger partial charge in [-0.25, -0.2) is 4.99 Å². The van der Waals surface area contributed by atoms with E-state index in [1.54, 1.807) is 6.26 Å². The lowest BCUT2D eigenvalue weighted by Crippen LogP contribution is -2.27. The highest BCUT2D eigenvalue weighted by Crippen LogP contribution is 2.24. The van der Waals surface area contributed by atoms with Crippen LogP contribution in [0.4, 0.5) is 0 Å². The number of ether oxygens (including phenoxy) is 1. The lowest BCUT2D eigenvalue weighted by molar-refractivity contribution is 0.473. The standard InChI is InChI=1S/C12H10N2O/c1-2-5-11-10(4-1)12-13-6-3-7-14(12)8-9-15-11/h1-6,8-9H,7H2. The van der Waals surface area contributed by atoms with Crippen LogP contribution < -0.4 is 4.74 Å². The SMILES string of the molecule is C1=CN=C2c3ccccc3OC=CN2C1. The molecule has 0 fully saturated rings. The van der Waals surface area contributed by atoms with Crippen LogP contribution in [0.25, 0.3) is 0 Å². The molecule has 3 rings (SSSR count). The van der Waals surface area contributed by atoms with E-state index >= 15 is 0 Å². The first-order chi connectivity index (χ1) is 7.45. The molecular weight excluding hydrogens is 188 g/mol. The fourth-order valence-electron chi connectivity index (χ4n) is 1.73. The summed E-state index contributed by atoms with van der Waals surface area (Å²) in [4.78, 5) is 6.44. The van der Waals surface area contributed by atoms with Crippen molar-refractivity contribution in [3.63, 3.8) is 0 Å². The zero-order valence-electron chi connectivity index (χ0n) is 8.13. The molecule has 0 radical (unpaired) electrons. The van der Waals surface area contributed by atoms with Crippen molar-refractivity contribution in [2.75, 3.05) is 6.54 Å². The highest BCUT2D eigenvalue weighted by molar-refractivity contribution is 6.02. The monoisotopic (exact) mass is 198 g/mol. The van der Waals surface area contributed by atoms with Crippen molar-refractivity contribution in [2.24, 2.45) is 4.99 Å². The Bertz CT molecular complexity index is 474. The summed E-state index contributed by atoms with van der Waals surface area (Å²) in [5.41, 5.74) is 1.03. The number of nitrogens with zero attached hydrogens (tertiary/aromatic N) is 2. The van der Waals surface area contributed by atoms with Crippen molar-refractivity contribution in [3.05, 3.63) is 54.6 Å². The highest BCUT2D eigenvalue weighted by atomic mass is 16.5. The minimum atomic E-state index is 0.840. The maximum absolute atomic E-state index is 5.51. The second-order valence-corrected chi connectivity index (χ2v) is 3.39. The van der Waals surface area contributed by atoms with Crippen LogP contribution in [0.5, 0.6) is 5.75 Å². The summed E-state index contributed by atoms with van der Waals surface area (Å²) < 4.78 is 5.51. The molecule has 1 aromatic carbocycles. The van der Waals surface area contributed by atoms with E-state index in [2.05, 4.69) is 9.89 Å². The smallest absolute Gasteiger partial charge is 0.143 e. The average Bonchev–Trinajstić information content (AvgIpc) is 2.48. The molecule has 0 unspecified atom stereocenters. The van der Waals surface area contributed by atoms with Crippen molar-refractivity contribution in [2.45, 2.75) is 0 Å². The van der Waals surface area contributed by atoms with Crippen molar-refractivity contribution < 1.29 is 4.74 Å². The van der Waals surface area contributed by atoms with Crippen molar-refractivity contribution in [3.8, 4) is 5.75 Å². The molecule has 2 aliphatic rings. The lowest BCUT2D eigenvalue weighted by Gasteiger charge is -2.21. The number of para-hydroxylation sites is 1. The van der Waals surface area contributed by atoms with Gasteiger partial charge in [-0.3, -0.25) is 0 Å². The molecular formula is C12H10N2O. The van der Waals surface area contributed by atoms with E-state index in [0.29, 0.717) is 0 Å². The summed E-state index contributed by atoms with van der Waals surface area (Å²) >= 11 is 0. The molecule has 0 bridgehead atoms. The summed E-state index contributed by atoms with van der Waals surface area (Å²) in [6, 6.07) is 7.92. The number of hydrogen-bond acceptors (Lipinski definition) is 3. The predicted molar refractivity (Wildman–Crippen MR) is 58.6 cm³/mol. The van der Waals surface area contributed by atoms with Gasteiger partial charge in [0.1, 0.15) is 17.8 Å².